The number of sulfone groups is 1. The maximum Gasteiger partial charge on any atom is 0.176 e. The number of pyridine rings is 1. The molecular formula is C10H16N2O2S+2. The van der Waals surface area contributed by atoms with E-state index in [2.05, 4.69) is 4.98 Å². The van der Waals surface area contributed by atoms with Crippen LogP contribution in [0.2, 0.25) is 0 Å². The number of aromatic amines is 1. The third-order valence-electron chi connectivity index (χ3n) is 3.15. The van der Waals surface area contributed by atoms with Gasteiger partial charge in [0.2, 0.25) is 0 Å². The molecule has 0 saturated carbocycles. The Morgan fingerprint density at radius 2 is 2.07 bits per heavy atom. The van der Waals surface area contributed by atoms with E-state index in [9.17, 15) is 8.42 Å². The SMILES string of the molecule is C[NH+](C)C1(c2ccc[nH+]c2)CS(=O)(=O)C1. The topological polar surface area (TPSA) is 52.7 Å². The van der Waals surface area contributed by atoms with Crippen LogP contribution in [0.15, 0.2) is 24.5 Å². The van der Waals surface area contributed by atoms with Crippen molar-refractivity contribution in [2.24, 2.45) is 0 Å². The molecule has 1 saturated heterocycles. The molecule has 2 rings (SSSR count). The number of hydrogen-bond donors (Lipinski definition) is 1. The zero-order valence-corrected chi connectivity index (χ0v) is 9.76. The van der Waals surface area contributed by atoms with Crippen LogP contribution in [0.5, 0.6) is 0 Å². The van der Waals surface area contributed by atoms with Crippen molar-refractivity contribution < 1.29 is 18.3 Å². The Bertz CT molecular complexity index is 442. The number of quaternary nitrogens is 1. The molecule has 0 aromatic carbocycles. The molecule has 1 aliphatic heterocycles. The summed E-state index contributed by atoms with van der Waals surface area (Å²) in [5.41, 5.74) is 0.816. The third-order valence-corrected chi connectivity index (χ3v) is 5.01. The van der Waals surface area contributed by atoms with Crippen LogP contribution in [0.1, 0.15) is 5.56 Å². The number of aromatic nitrogens is 1. The van der Waals surface area contributed by atoms with E-state index in [0.717, 1.165) is 10.5 Å². The van der Waals surface area contributed by atoms with Crippen molar-refractivity contribution in [2.75, 3.05) is 25.6 Å². The number of hydrogen-bond acceptors (Lipinski definition) is 2. The van der Waals surface area contributed by atoms with Gasteiger partial charge in [0.1, 0.15) is 11.5 Å². The van der Waals surface area contributed by atoms with Crippen LogP contribution in [-0.4, -0.2) is 34.0 Å². The summed E-state index contributed by atoms with van der Waals surface area (Å²) in [4.78, 5) is 4.17. The summed E-state index contributed by atoms with van der Waals surface area (Å²) < 4.78 is 22.7. The lowest BCUT2D eigenvalue weighted by atomic mass is 9.93. The van der Waals surface area contributed by atoms with Gasteiger partial charge in [0.15, 0.2) is 27.8 Å². The molecule has 0 bridgehead atoms. The minimum Gasteiger partial charge on any atom is -0.329 e. The summed E-state index contributed by atoms with van der Waals surface area (Å²) in [6.07, 6.45) is 3.72. The minimum absolute atomic E-state index is 0.250. The van der Waals surface area contributed by atoms with Gasteiger partial charge < -0.3 is 4.90 Å². The molecule has 1 aromatic rings. The van der Waals surface area contributed by atoms with Gasteiger partial charge in [-0.1, -0.05) is 0 Å². The maximum atomic E-state index is 11.4. The van der Waals surface area contributed by atoms with Crippen LogP contribution in [-0.2, 0) is 15.4 Å². The van der Waals surface area contributed by atoms with E-state index in [1.165, 1.54) is 0 Å². The van der Waals surface area contributed by atoms with Gasteiger partial charge in [0.05, 0.1) is 19.7 Å². The van der Waals surface area contributed by atoms with E-state index in [4.69, 9.17) is 0 Å². The Balaban J connectivity index is 2.40. The van der Waals surface area contributed by atoms with Crippen LogP contribution in [0.3, 0.4) is 0 Å². The highest BCUT2D eigenvalue weighted by Crippen LogP contribution is 2.29. The van der Waals surface area contributed by atoms with Crippen molar-refractivity contribution in [3.8, 4) is 0 Å². The lowest BCUT2D eigenvalue weighted by Gasteiger charge is -2.42. The Morgan fingerprint density at radius 1 is 1.40 bits per heavy atom. The first-order valence-electron chi connectivity index (χ1n) is 4.94. The van der Waals surface area contributed by atoms with E-state index in [-0.39, 0.29) is 17.0 Å². The molecule has 1 aromatic heterocycles. The predicted molar refractivity (Wildman–Crippen MR) is 56.1 cm³/mol. The highest BCUT2D eigenvalue weighted by Gasteiger charge is 2.56. The van der Waals surface area contributed by atoms with Crippen molar-refractivity contribution in [3.05, 3.63) is 30.1 Å². The first kappa shape index (κ1) is 10.6. The third kappa shape index (κ3) is 1.66. The first-order chi connectivity index (χ1) is 6.96. The molecule has 5 heteroatoms. The van der Waals surface area contributed by atoms with Crippen LogP contribution in [0, 0.1) is 0 Å². The van der Waals surface area contributed by atoms with E-state index in [1.54, 1.807) is 0 Å². The molecule has 1 aliphatic rings. The van der Waals surface area contributed by atoms with Crippen molar-refractivity contribution in [1.29, 1.82) is 0 Å². The Kier molecular flexibility index (Phi) is 2.31. The highest BCUT2D eigenvalue weighted by molar-refractivity contribution is 7.92. The molecule has 0 spiro atoms. The molecule has 0 unspecified atom stereocenters. The van der Waals surface area contributed by atoms with Gasteiger partial charge in [-0.15, -0.1) is 0 Å². The molecule has 2 heterocycles. The highest BCUT2D eigenvalue weighted by atomic mass is 32.2. The predicted octanol–water partition coefficient (Wildman–Crippen LogP) is -1.73. The van der Waals surface area contributed by atoms with Crippen LogP contribution in [0.25, 0.3) is 0 Å². The zero-order chi connectivity index (χ0) is 11.1. The summed E-state index contributed by atoms with van der Waals surface area (Å²) in [5, 5.41) is 0. The van der Waals surface area contributed by atoms with Crippen LogP contribution in [0.4, 0.5) is 0 Å². The van der Waals surface area contributed by atoms with Crippen molar-refractivity contribution >= 4 is 9.84 Å². The van der Waals surface area contributed by atoms with Gasteiger partial charge in [-0.05, 0) is 6.07 Å². The van der Waals surface area contributed by atoms with E-state index in [1.807, 2.05) is 38.6 Å². The summed E-state index contributed by atoms with van der Waals surface area (Å²) in [5.74, 6) is 0.500. The molecule has 15 heavy (non-hydrogen) atoms. The smallest absolute Gasteiger partial charge is 0.176 e. The fraction of sp³-hybridized carbons (Fsp3) is 0.500. The second-order valence-corrected chi connectivity index (χ2v) is 6.47. The second-order valence-electron chi connectivity index (χ2n) is 4.41. The van der Waals surface area contributed by atoms with Crippen molar-refractivity contribution in [3.63, 3.8) is 0 Å². The van der Waals surface area contributed by atoms with Crippen molar-refractivity contribution in [2.45, 2.75) is 5.54 Å². The zero-order valence-electron chi connectivity index (χ0n) is 8.95. The molecule has 82 valence electrons. The molecule has 0 atom stereocenters. The maximum absolute atomic E-state index is 11.4. The van der Waals surface area contributed by atoms with Gasteiger partial charge in [0.25, 0.3) is 0 Å². The summed E-state index contributed by atoms with van der Waals surface area (Å²) in [7, 11) is 1.19. The molecule has 0 amide bonds. The summed E-state index contributed by atoms with van der Waals surface area (Å²) in [6, 6.07) is 3.89. The van der Waals surface area contributed by atoms with Gasteiger partial charge in [-0.2, -0.15) is 0 Å². The van der Waals surface area contributed by atoms with Gasteiger partial charge in [-0.25, -0.2) is 13.4 Å². The summed E-state index contributed by atoms with van der Waals surface area (Å²) in [6.45, 7) is 0. The molecule has 1 fully saturated rings. The number of nitrogens with one attached hydrogen (secondary N) is 2. The standard InChI is InChI=1S/C10H14N2O2S/c1-12(2)10(7-15(13,14)8-10)9-4-3-5-11-6-9/h3-6H,7-8H2,1-2H3/p+2. The molecule has 2 N–H and O–H groups in total. The normalized spacial score (nSPS) is 22.3. The molecular weight excluding hydrogens is 212 g/mol. The Hall–Kier alpha value is -0.940. The van der Waals surface area contributed by atoms with E-state index >= 15 is 0 Å². The number of H-pyrrole nitrogens is 1. The average molecular weight is 228 g/mol. The quantitative estimate of drug-likeness (QED) is 0.654. The first-order valence-corrected chi connectivity index (χ1v) is 6.76. The fourth-order valence-electron chi connectivity index (χ4n) is 2.14. The van der Waals surface area contributed by atoms with Crippen LogP contribution >= 0.6 is 0 Å². The minimum atomic E-state index is -2.82. The largest absolute Gasteiger partial charge is 0.329 e. The summed E-state index contributed by atoms with van der Waals surface area (Å²) >= 11 is 0. The molecule has 4 nitrogen and oxygen atoms in total. The van der Waals surface area contributed by atoms with E-state index in [0.29, 0.717) is 0 Å². The monoisotopic (exact) mass is 228 g/mol. The van der Waals surface area contributed by atoms with Crippen molar-refractivity contribution in [1.82, 2.24) is 0 Å². The average Bonchev–Trinajstić information content (AvgIpc) is 2.14. The Morgan fingerprint density at radius 3 is 2.47 bits per heavy atom. The number of rotatable bonds is 2. The molecule has 0 radical (unpaired) electrons. The lowest BCUT2D eigenvalue weighted by molar-refractivity contribution is -0.919. The Labute approximate surface area is 89.9 Å². The van der Waals surface area contributed by atoms with E-state index < -0.39 is 9.84 Å². The second kappa shape index (κ2) is 3.28. The van der Waals surface area contributed by atoms with Gasteiger partial charge in [0, 0.05) is 6.07 Å². The van der Waals surface area contributed by atoms with Gasteiger partial charge in [-0.3, -0.25) is 0 Å². The molecule has 0 aliphatic carbocycles. The fourth-order valence-corrected chi connectivity index (χ4v) is 4.47. The van der Waals surface area contributed by atoms with Gasteiger partial charge >= 0.3 is 0 Å². The lowest BCUT2D eigenvalue weighted by Crippen LogP contribution is -3.17. The van der Waals surface area contributed by atoms with Crippen LogP contribution < -0.4 is 9.88 Å².